The van der Waals surface area contributed by atoms with Crippen LogP contribution in [0.15, 0.2) is 53.0 Å². The van der Waals surface area contributed by atoms with Crippen LogP contribution in [0.4, 0.5) is 0 Å². The Bertz CT molecular complexity index is 1160. The number of aryl methyl sites for hydroxylation is 1. The molecular formula is C25H23BrN2O3S. The van der Waals surface area contributed by atoms with Crippen LogP contribution in [0.5, 0.6) is 11.5 Å². The van der Waals surface area contributed by atoms with Crippen molar-refractivity contribution in [2.75, 3.05) is 19.9 Å². The second-order valence-corrected chi connectivity index (χ2v) is 10.2. The van der Waals surface area contributed by atoms with Gasteiger partial charge in [-0.05, 0) is 55.7 Å². The van der Waals surface area contributed by atoms with Crippen molar-refractivity contribution in [2.24, 2.45) is 0 Å². The lowest BCUT2D eigenvalue weighted by Gasteiger charge is -2.30. The summed E-state index contributed by atoms with van der Waals surface area (Å²) >= 11 is 5.28. The highest BCUT2D eigenvalue weighted by Gasteiger charge is 2.26. The quantitative estimate of drug-likeness (QED) is 0.402. The number of thiazole rings is 1. The SMILES string of the molecule is Cc1sc(C2CCN(C(=O)C=Cc3ccc4c(c3)OCO4)CC2)nc1-c1ccc(Br)cc1. The van der Waals surface area contributed by atoms with E-state index in [1.54, 1.807) is 17.4 Å². The van der Waals surface area contributed by atoms with Crippen LogP contribution in [0.1, 0.15) is 34.2 Å². The van der Waals surface area contributed by atoms with E-state index in [4.69, 9.17) is 14.5 Å². The molecule has 0 radical (unpaired) electrons. The molecule has 1 aromatic heterocycles. The zero-order valence-corrected chi connectivity index (χ0v) is 20.1. The third-order valence-corrected chi connectivity index (χ3v) is 7.56. The van der Waals surface area contributed by atoms with Crippen molar-refractivity contribution in [3.8, 4) is 22.8 Å². The molecule has 7 heteroatoms. The van der Waals surface area contributed by atoms with Gasteiger partial charge in [0, 0.05) is 40.0 Å². The lowest BCUT2D eigenvalue weighted by atomic mass is 9.97. The Morgan fingerprint density at radius 1 is 1.12 bits per heavy atom. The summed E-state index contributed by atoms with van der Waals surface area (Å²) in [6.45, 7) is 3.89. The summed E-state index contributed by atoms with van der Waals surface area (Å²) in [4.78, 5) is 20.8. The van der Waals surface area contributed by atoms with Gasteiger partial charge in [0.1, 0.15) is 0 Å². The number of hydrogen-bond donors (Lipinski definition) is 0. The van der Waals surface area contributed by atoms with Crippen molar-refractivity contribution in [1.29, 1.82) is 0 Å². The molecule has 0 aliphatic carbocycles. The van der Waals surface area contributed by atoms with Crippen molar-refractivity contribution >= 4 is 39.2 Å². The van der Waals surface area contributed by atoms with Gasteiger partial charge in [0.25, 0.3) is 0 Å². The highest BCUT2D eigenvalue weighted by molar-refractivity contribution is 9.10. The topological polar surface area (TPSA) is 51.7 Å². The Labute approximate surface area is 199 Å². The first-order valence-electron chi connectivity index (χ1n) is 10.7. The number of benzene rings is 2. The van der Waals surface area contributed by atoms with E-state index < -0.39 is 0 Å². The third-order valence-electron chi connectivity index (χ3n) is 5.90. The summed E-state index contributed by atoms with van der Waals surface area (Å²) < 4.78 is 11.8. The number of ether oxygens (including phenoxy) is 2. The summed E-state index contributed by atoms with van der Waals surface area (Å²) in [7, 11) is 0. The lowest BCUT2D eigenvalue weighted by Crippen LogP contribution is -2.36. The summed E-state index contributed by atoms with van der Waals surface area (Å²) in [5.41, 5.74) is 3.15. The van der Waals surface area contributed by atoms with Crippen molar-refractivity contribution < 1.29 is 14.3 Å². The number of rotatable bonds is 4. The number of fused-ring (bicyclic) bond motifs is 1. The molecule has 32 heavy (non-hydrogen) atoms. The molecule has 0 unspecified atom stereocenters. The largest absolute Gasteiger partial charge is 0.454 e. The maximum Gasteiger partial charge on any atom is 0.246 e. The third kappa shape index (κ3) is 4.45. The fourth-order valence-corrected chi connectivity index (χ4v) is 5.48. The number of carbonyl (C=O) groups excluding carboxylic acids is 1. The molecule has 1 saturated heterocycles. The molecule has 0 saturated carbocycles. The van der Waals surface area contributed by atoms with Crippen LogP contribution in [0, 0.1) is 6.92 Å². The monoisotopic (exact) mass is 510 g/mol. The minimum absolute atomic E-state index is 0.0481. The van der Waals surface area contributed by atoms with Crippen molar-refractivity contribution in [2.45, 2.75) is 25.7 Å². The number of aromatic nitrogens is 1. The Hall–Kier alpha value is -2.64. The van der Waals surface area contributed by atoms with Crippen LogP contribution < -0.4 is 9.47 Å². The van der Waals surface area contributed by atoms with Gasteiger partial charge in [-0.3, -0.25) is 4.79 Å². The molecule has 2 aliphatic rings. The number of likely N-dealkylation sites (tertiary alicyclic amines) is 1. The molecule has 1 fully saturated rings. The summed E-state index contributed by atoms with van der Waals surface area (Å²) in [6.07, 6.45) is 5.37. The zero-order chi connectivity index (χ0) is 22.1. The standard InChI is InChI=1S/C25H23BrN2O3S/c1-16-24(18-4-6-20(26)7-5-18)27-25(32-16)19-10-12-28(13-11-19)23(29)9-3-17-2-8-21-22(14-17)31-15-30-21/h2-9,14,19H,10-13,15H2,1H3. The van der Waals surface area contributed by atoms with Crippen LogP contribution in [0.3, 0.4) is 0 Å². The van der Waals surface area contributed by atoms with Gasteiger partial charge in [0.15, 0.2) is 11.5 Å². The summed E-state index contributed by atoms with van der Waals surface area (Å²) in [6, 6.07) is 14.0. The average Bonchev–Trinajstić information content (AvgIpc) is 3.44. The summed E-state index contributed by atoms with van der Waals surface area (Å²) in [5.74, 6) is 1.93. The van der Waals surface area contributed by atoms with Gasteiger partial charge in [0.2, 0.25) is 12.7 Å². The molecule has 0 N–H and O–H groups in total. The Morgan fingerprint density at radius 3 is 2.66 bits per heavy atom. The molecule has 5 nitrogen and oxygen atoms in total. The second-order valence-electron chi connectivity index (χ2n) is 8.01. The van der Waals surface area contributed by atoms with Gasteiger partial charge in [-0.15, -0.1) is 11.3 Å². The van der Waals surface area contributed by atoms with Gasteiger partial charge in [-0.2, -0.15) is 0 Å². The molecule has 0 bridgehead atoms. The van der Waals surface area contributed by atoms with Crippen molar-refractivity contribution in [3.63, 3.8) is 0 Å². The zero-order valence-electron chi connectivity index (χ0n) is 17.7. The van der Waals surface area contributed by atoms with E-state index in [1.807, 2.05) is 29.2 Å². The van der Waals surface area contributed by atoms with E-state index in [9.17, 15) is 4.79 Å². The molecule has 2 aliphatic heterocycles. The number of piperidine rings is 1. The fraction of sp³-hybridized carbons (Fsp3) is 0.280. The number of amides is 1. The molecule has 1 amide bonds. The highest BCUT2D eigenvalue weighted by Crippen LogP contribution is 2.36. The Morgan fingerprint density at radius 2 is 1.88 bits per heavy atom. The molecule has 3 aromatic rings. The van der Waals surface area contributed by atoms with E-state index >= 15 is 0 Å². The van der Waals surface area contributed by atoms with E-state index in [2.05, 4.69) is 47.1 Å². The predicted octanol–water partition coefficient (Wildman–Crippen LogP) is 6.03. The van der Waals surface area contributed by atoms with Crippen LogP contribution in [-0.2, 0) is 4.79 Å². The second kappa shape index (κ2) is 9.08. The number of hydrogen-bond acceptors (Lipinski definition) is 5. The smallest absolute Gasteiger partial charge is 0.246 e. The van der Waals surface area contributed by atoms with E-state index in [1.165, 1.54) is 9.88 Å². The van der Waals surface area contributed by atoms with Gasteiger partial charge in [-0.1, -0.05) is 34.1 Å². The van der Waals surface area contributed by atoms with E-state index in [0.717, 1.165) is 58.7 Å². The molecule has 164 valence electrons. The van der Waals surface area contributed by atoms with Crippen molar-refractivity contribution in [1.82, 2.24) is 9.88 Å². The molecule has 2 aromatic carbocycles. The Kier molecular flexibility index (Phi) is 6.02. The Balaban J connectivity index is 1.20. The van der Waals surface area contributed by atoms with Crippen LogP contribution >= 0.6 is 27.3 Å². The maximum absolute atomic E-state index is 12.7. The van der Waals surface area contributed by atoms with Gasteiger partial charge >= 0.3 is 0 Å². The minimum Gasteiger partial charge on any atom is -0.454 e. The molecule has 0 atom stereocenters. The molecule has 5 rings (SSSR count). The number of nitrogens with zero attached hydrogens (tertiary/aromatic N) is 2. The fourth-order valence-electron chi connectivity index (χ4n) is 4.10. The highest BCUT2D eigenvalue weighted by atomic mass is 79.9. The first-order chi connectivity index (χ1) is 15.6. The van der Waals surface area contributed by atoms with Gasteiger partial charge in [-0.25, -0.2) is 4.98 Å². The van der Waals surface area contributed by atoms with Crippen LogP contribution in [0.25, 0.3) is 17.3 Å². The normalized spacial score (nSPS) is 16.1. The number of carbonyl (C=O) groups is 1. The maximum atomic E-state index is 12.7. The van der Waals surface area contributed by atoms with Crippen LogP contribution in [0.2, 0.25) is 0 Å². The molecule has 0 spiro atoms. The first kappa shape index (κ1) is 21.2. The molecule has 3 heterocycles. The van der Waals surface area contributed by atoms with Crippen molar-refractivity contribution in [3.05, 3.63) is 68.5 Å². The van der Waals surface area contributed by atoms with Crippen LogP contribution in [-0.4, -0.2) is 35.7 Å². The average molecular weight is 511 g/mol. The van der Waals surface area contributed by atoms with Gasteiger partial charge in [0.05, 0.1) is 10.7 Å². The van der Waals surface area contributed by atoms with E-state index in [-0.39, 0.29) is 12.7 Å². The molecular weight excluding hydrogens is 488 g/mol. The number of halogens is 1. The minimum atomic E-state index is 0.0481. The lowest BCUT2D eigenvalue weighted by molar-refractivity contribution is -0.126. The van der Waals surface area contributed by atoms with Gasteiger partial charge < -0.3 is 14.4 Å². The van der Waals surface area contributed by atoms with E-state index in [0.29, 0.717) is 5.92 Å². The predicted molar refractivity (Wildman–Crippen MR) is 130 cm³/mol. The summed E-state index contributed by atoms with van der Waals surface area (Å²) in [5, 5.41) is 1.18. The first-order valence-corrected chi connectivity index (χ1v) is 12.3.